The van der Waals surface area contributed by atoms with Gasteiger partial charge in [-0.3, -0.25) is 14.9 Å². The van der Waals surface area contributed by atoms with Crippen molar-refractivity contribution in [3.05, 3.63) is 46.5 Å². The highest BCUT2D eigenvalue weighted by molar-refractivity contribution is 8.76. The molecule has 0 aromatic heterocycles. The van der Waals surface area contributed by atoms with Gasteiger partial charge in [-0.25, -0.2) is 9.59 Å². The molecule has 0 saturated carbocycles. The van der Waals surface area contributed by atoms with Crippen LogP contribution in [0.3, 0.4) is 0 Å². The van der Waals surface area contributed by atoms with Gasteiger partial charge in [-0.15, -0.1) is 0 Å². The van der Waals surface area contributed by atoms with Gasteiger partial charge in [0.1, 0.15) is 34.7 Å². The van der Waals surface area contributed by atoms with E-state index in [1.165, 1.54) is 34.8 Å². The minimum Gasteiger partial charge on any atom is -0.495 e. The van der Waals surface area contributed by atoms with Crippen molar-refractivity contribution in [2.24, 2.45) is 11.3 Å². The number of aliphatic hydroxyl groups excluding tert-OH is 1. The Kier molecular flexibility index (Phi) is 15.2. The number of anilines is 1. The highest BCUT2D eigenvalue weighted by Crippen LogP contribution is 2.40. The normalized spacial score (nSPS) is 28.0. The highest BCUT2D eigenvalue weighted by atomic mass is 35.5. The lowest BCUT2D eigenvalue weighted by Gasteiger charge is -2.45. The van der Waals surface area contributed by atoms with Crippen LogP contribution >= 0.6 is 33.2 Å². The fraction of sp³-hybridized carbons (Fsp3) is 0.611. The number of rotatable bonds is 8. The number of carbonyl (C=O) groups is 4. The summed E-state index contributed by atoms with van der Waals surface area (Å²) in [6, 6.07) is 2.59. The Bertz CT molecular complexity index is 1510. The fourth-order valence-electron chi connectivity index (χ4n) is 6.18. The molecule has 3 rings (SSSR count). The molecule has 3 amide bonds. The lowest BCUT2D eigenvalue weighted by atomic mass is 9.72. The van der Waals surface area contributed by atoms with Crippen LogP contribution in [0.1, 0.15) is 65.9 Å². The van der Waals surface area contributed by atoms with Gasteiger partial charge < -0.3 is 34.2 Å². The molecule has 3 N–H and O–H groups in total. The molecule has 1 fully saturated rings. The molecule has 0 spiro atoms. The number of esters is 1. The SMILES string of the molecule is COc1cc2cc(c1Cl)N(C)C(=O)C[C@H](OC(=O)[C@H](C)N(C)C(=O)CCSSC)C(C)(C)[C@H](O)[C@@H](C)C1C[C@](O)(C/C=C/C=C(\C)C2)NC(=O)O1. The zero-order valence-electron chi connectivity index (χ0n) is 30.9. The van der Waals surface area contributed by atoms with E-state index in [1.54, 1.807) is 69.8 Å². The number of nitrogens with zero attached hydrogens (tertiary/aromatic N) is 2. The number of hydrogen-bond donors (Lipinski definition) is 3. The van der Waals surface area contributed by atoms with Crippen LogP contribution in [-0.4, -0.2) is 102 Å². The van der Waals surface area contributed by atoms with Crippen LogP contribution in [-0.2, 0) is 30.3 Å². The van der Waals surface area contributed by atoms with E-state index in [9.17, 15) is 29.4 Å². The first-order chi connectivity index (χ1) is 23.8. The van der Waals surface area contributed by atoms with Crippen LogP contribution in [0.5, 0.6) is 5.75 Å². The molecule has 6 atom stereocenters. The zero-order valence-corrected chi connectivity index (χ0v) is 33.2. The van der Waals surface area contributed by atoms with Gasteiger partial charge in [-0.2, -0.15) is 0 Å². The molecule has 2 aliphatic heterocycles. The van der Waals surface area contributed by atoms with E-state index in [2.05, 4.69) is 5.32 Å². The van der Waals surface area contributed by atoms with E-state index in [0.717, 1.165) is 11.1 Å². The molecule has 1 unspecified atom stereocenters. The summed E-state index contributed by atoms with van der Waals surface area (Å²) in [5.41, 5.74) is -0.811. The zero-order chi connectivity index (χ0) is 38.3. The van der Waals surface area contributed by atoms with E-state index >= 15 is 0 Å². The molecule has 1 aromatic rings. The number of halogens is 1. The first kappa shape index (κ1) is 42.5. The van der Waals surface area contributed by atoms with Crippen LogP contribution in [0, 0.1) is 11.3 Å². The molecule has 2 heterocycles. The second kappa shape index (κ2) is 18.2. The first-order valence-corrected chi connectivity index (χ1v) is 19.9. The van der Waals surface area contributed by atoms with Gasteiger partial charge in [0, 0.05) is 50.4 Å². The average Bonchev–Trinajstić information content (AvgIpc) is 3.07. The number of fused-ring (bicyclic) bond motifs is 4. The van der Waals surface area contributed by atoms with Crippen molar-refractivity contribution in [1.29, 1.82) is 0 Å². The van der Waals surface area contributed by atoms with Crippen LogP contribution in [0.2, 0.25) is 5.02 Å². The van der Waals surface area contributed by atoms with Crippen LogP contribution < -0.4 is 15.0 Å². The van der Waals surface area contributed by atoms with E-state index in [1.807, 2.05) is 19.3 Å². The maximum atomic E-state index is 14.1. The van der Waals surface area contributed by atoms with Crippen molar-refractivity contribution in [2.75, 3.05) is 38.1 Å². The Balaban J connectivity index is 2.09. The molecule has 2 aliphatic rings. The number of alkyl carbamates (subject to hydrolysis) is 1. The third-order valence-electron chi connectivity index (χ3n) is 9.75. The minimum absolute atomic E-state index is 0.0326. The summed E-state index contributed by atoms with van der Waals surface area (Å²) >= 11 is 6.73. The summed E-state index contributed by atoms with van der Waals surface area (Å²) in [5.74, 6) is -1.30. The number of allylic oxidation sites excluding steroid dienone is 3. The van der Waals surface area contributed by atoms with Gasteiger partial charge in [-0.05, 0) is 44.2 Å². The molecular weight excluding hydrogens is 718 g/mol. The maximum absolute atomic E-state index is 14.1. The van der Waals surface area contributed by atoms with Crippen LogP contribution in [0.25, 0.3) is 0 Å². The largest absolute Gasteiger partial charge is 0.495 e. The Morgan fingerprint density at radius 3 is 2.61 bits per heavy atom. The van der Waals surface area contributed by atoms with Gasteiger partial charge in [0.25, 0.3) is 0 Å². The number of hydrogen-bond acceptors (Lipinski definition) is 11. The molecule has 0 radical (unpaired) electrons. The van der Waals surface area contributed by atoms with Gasteiger partial charge in [-0.1, -0.05) is 77.8 Å². The first-order valence-electron chi connectivity index (χ1n) is 16.8. The maximum Gasteiger partial charge on any atom is 0.409 e. The Labute approximate surface area is 314 Å². The summed E-state index contributed by atoms with van der Waals surface area (Å²) in [6.07, 6.45) is 3.45. The molecule has 15 heteroatoms. The standard InChI is InChI=1S/C36H52ClN3O9S2/c1-21-12-10-11-14-36(46)20-27(48-34(45)38-36)22(2)32(43)35(4,5)28(49-33(44)23(3)39(6)29(41)13-15-51-50-9)19-30(42)40(7)25-17-24(16-21)18-26(47-8)31(25)37/h10-12,17-18,22-23,27-28,32,43,46H,13-16,19-20H2,1-9H3,(H,38,45)/b11-10+,21-12+/t22-,23-,27?,28-,32+,36+/m0/s1. The number of benzene rings is 1. The molecule has 4 bridgehead atoms. The number of aliphatic hydroxyl groups is 2. The summed E-state index contributed by atoms with van der Waals surface area (Å²) in [7, 11) is 7.64. The number of ether oxygens (including phenoxy) is 3. The third-order valence-corrected chi connectivity index (χ3v) is 11.9. The Hall–Kier alpha value is -2.91. The van der Waals surface area contributed by atoms with Gasteiger partial charge >= 0.3 is 12.1 Å². The van der Waals surface area contributed by atoms with Crippen molar-refractivity contribution in [1.82, 2.24) is 10.2 Å². The number of likely N-dealkylation sites (N-methyl/N-ethyl adjacent to an activating group) is 1. The van der Waals surface area contributed by atoms with Gasteiger partial charge in [0.15, 0.2) is 0 Å². The third kappa shape index (κ3) is 10.8. The van der Waals surface area contributed by atoms with Crippen molar-refractivity contribution in [3.8, 4) is 5.75 Å². The number of methoxy groups -OCH3 is 1. The highest BCUT2D eigenvalue weighted by Gasteiger charge is 2.49. The fourth-order valence-corrected chi connectivity index (χ4v) is 7.67. The van der Waals surface area contributed by atoms with E-state index in [-0.39, 0.29) is 36.6 Å². The Morgan fingerprint density at radius 2 is 1.96 bits per heavy atom. The second-order valence-corrected chi connectivity index (χ2v) is 16.9. The van der Waals surface area contributed by atoms with Crippen molar-refractivity contribution >= 4 is 62.8 Å². The van der Waals surface area contributed by atoms with Gasteiger partial charge in [0.05, 0.1) is 25.3 Å². The van der Waals surface area contributed by atoms with Gasteiger partial charge in [0.2, 0.25) is 11.8 Å². The van der Waals surface area contributed by atoms with Crippen LogP contribution in [0.15, 0.2) is 35.9 Å². The number of nitrogens with one attached hydrogen (secondary N) is 1. The average molecular weight is 770 g/mol. The predicted molar refractivity (Wildman–Crippen MR) is 202 cm³/mol. The summed E-state index contributed by atoms with van der Waals surface area (Å²) in [6.45, 7) is 8.46. The molecule has 0 aliphatic carbocycles. The van der Waals surface area contributed by atoms with Crippen molar-refractivity contribution in [2.45, 2.75) is 96.8 Å². The Morgan fingerprint density at radius 1 is 1.27 bits per heavy atom. The number of amides is 3. The second-order valence-electron chi connectivity index (χ2n) is 13.9. The summed E-state index contributed by atoms with van der Waals surface area (Å²) in [4.78, 5) is 56.0. The van der Waals surface area contributed by atoms with Crippen molar-refractivity contribution < 1.29 is 43.6 Å². The van der Waals surface area contributed by atoms with Crippen LogP contribution in [0.4, 0.5) is 10.5 Å². The molecule has 1 saturated heterocycles. The molecule has 1 aromatic carbocycles. The predicted octanol–water partition coefficient (Wildman–Crippen LogP) is 5.52. The minimum atomic E-state index is -1.65. The lowest BCUT2D eigenvalue weighted by Crippen LogP contribution is -2.59. The number of carbonyl (C=O) groups excluding carboxylic acids is 4. The quantitative estimate of drug-likeness (QED) is 0.174. The smallest absolute Gasteiger partial charge is 0.409 e. The van der Waals surface area contributed by atoms with Crippen molar-refractivity contribution in [3.63, 3.8) is 0 Å². The molecular formula is C36H52ClN3O9S2. The molecule has 51 heavy (non-hydrogen) atoms. The topological polar surface area (TPSA) is 155 Å². The van der Waals surface area contributed by atoms with E-state index in [4.69, 9.17) is 25.8 Å². The molecule has 12 nitrogen and oxygen atoms in total. The summed E-state index contributed by atoms with van der Waals surface area (Å²) < 4.78 is 17.2. The monoisotopic (exact) mass is 769 g/mol. The lowest BCUT2D eigenvalue weighted by molar-refractivity contribution is -0.175. The molecule has 284 valence electrons. The van der Waals surface area contributed by atoms with E-state index < -0.39 is 59.4 Å². The summed E-state index contributed by atoms with van der Waals surface area (Å²) in [5, 5.41) is 26.0. The van der Waals surface area contributed by atoms with E-state index in [0.29, 0.717) is 23.6 Å².